The van der Waals surface area contributed by atoms with Crippen molar-refractivity contribution < 1.29 is 5.11 Å². The summed E-state index contributed by atoms with van der Waals surface area (Å²) in [5.41, 5.74) is 3.75. The Kier molecular flexibility index (Phi) is 7.94. The highest BCUT2D eigenvalue weighted by Crippen LogP contribution is 2.25. The summed E-state index contributed by atoms with van der Waals surface area (Å²) in [5.74, 6) is 0.326. The lowest BCUT2D eigenvalue weighted by molar-refractivity contribution is 0.475. The second kappa shape index (κ2) is 10.2. The van der Waals surface area contributed by atoms with Crippen LogP contribution in [0.5, 0.6) is 5.75 Å². The molecule has 0 fully saturated rings. The molecule has 0 atom stereocenters. The molecule has 0 unspecified atom stereocenters. The second-order valence-corrected chi connectivity index (χ2v) is 6.89. The number of rotatable bonds is 11. The maximum Gasteiger partial charge on any atom is 0.115 e. The van der Waals surface area contributed by atoms with E-state index < -0.39 is 0 Å². The first-order valence-electron chi connectivity index (χ1n) is 9.68. The van der Waals surface area contributed by atoms with E-state index in [1.54, 1.807) is 12.1 Å². The number of hydrogen-bond donors (Lipinski definition) is 1. The van der Waals surface area contributed by atoms with Gasteiger partial charge in [-0.2, -0.15) is 0 Å². The van der Waals surface area contributed by atoms with E-state index in [1.165, 1.54) is 74.7 Å². The quantitative estimate of drug-likeness (QED) is 0.456. The van der Waals surface area contributed by atoms with Crippen molar-refractivity contribution in [2.24, 2.45) is 0 Å². The minimum absolute atomic E-state index is 0.326. The van der Waals surface area contributed by atoms with Crippen LogP contribution in [0.4, 0.5) is 0 Å². The first-order valence-corrected chi connectivity index (χ1v) is 9.68. The van der Waals surface area contributed by atoms with Gasteiger partial charge < -0.3 is 9.67 Å². The molecule has 0 spiro atoms. The van der Waals surface area contributed by atoms with Crippen LogP contribution in [-0.4, -0.2) is 9.67 Å². The van der Waals surface area contributed by atoms with Gasteiger partial charge >= 0.3 is 0 Å². The average molecular weight is 328 g/mol. The van der Waals surface area contributed by atoms with E-state index in [4.69, 9.17) is 0 Å². The zero-order valence-corrected chi connectivity index (χ0v) is 15.4. The van der Waals surface area contributed by atoms with Gasteiger partial charge in [0, 0.05) is 17.9 Å². The predicted octanol–water partition coefficient (Wildman–Crippen LogP) is 6.70. The third-order valence-electron chi connectivity index (χ3n) is 4.85. The van der Waals surface area contributed by atoms with E-state index in [9.17, 15) is 5.11 Å². The molecular weight excluding hydrogens is 294 g/mol. The van der Waals surface area contributed by atoms with E-state index in [1.807, 2.05) is 12.1 Å². The molecule has 132 valence electrons. The van der Waals surface area contributed by atoms with Crippen LogP contribution in [0.1, 0.15) is 70.4 Å². The minimum atomic E-state index is 0.326. The van der Waals surface area contributed by atoms with E-state index in [2.05, 4.69) is 30.5 Å². The van der Waals surface area contributed by atoms with Crippen LogP contribution in [0.3, 0.4) is 0 Å². The molecule has 1 N–H and O–H groups in total. The van der Waals surface area contributed by atoms with Gasteiger partial charge in [0.2, 0.25) is 0 Å². The van der Waals surface area contributed by atoms with Gasteiger partial charge in [-0.15, -0.1) is 0 Å². The van der Waals surface area contributed by atoms with E-state index >= 15 is 0 Å². The van der Waals surface area contributed by atoms with Crippen molar-refractivity contribution in [2.45, 2.75) is 78.2 Å². The van der Waals surface area contributed by atoms with Crippen LogP contribution in [0.25, 0.3) is 11.3 Å². The van der Waals surface area contributed by atoms with Crippen LogP contribution >= 0.6 is 0 Å². The van der Waals surface area contributed by atoms with Crippen LogP contribution in [0.15, 0.2) is 36.4 Å². The summed E-state index contributed by atoms with van der Waals surface area (Å²) in [6, 6.07) is 11.9. The lowest BCUT2D eigenvalue weighted by atomic mass is 10.1. The zero-order valence-electron chi connectivity index (χ0n) is 15.4. The third-order valence-corrected chi connectivity index (χ3v) is 4.85. The molecular formula is C22H33NO. The molecule has 1 aromatic heterocycles. The van der Waals surface area contributed by atoms with Crippen LogP contribution in [0.2, 0.25) is 0 Å². The second-order valence-electron chi connectivity index (χ2n) is 6.89. The van der Waals surface area contributed by atoms with Gasteiger partial charge in [0.15, 0.2) is 0 Å². The van der Waals surface area contributed by atoms with Crippen molar-refractivity contribution >= 4 is 0 Å². The molecule has 0 aliphatic carbocycles. The molecule has 0 amide bonds. The third kappa shape index (κ3) is 5.74. The molecule has 0 saturated carbocycles. The highest BCUT2D eigenvalue weighted by atomic mass is 16.3. The SMILES string of the molecule is CCCCCCCCCCCn1c(C)ccc1-c1ccc(O)cc1. The number of unbranched alkanes of at least 4 members (excludes halogenated alkanes) is 8. The molecule has 1 heterocycles. The smallest absolute Gasteiger partial charge is 0.115 e. The summed E-state index contributed by atoms with van der Waals surface area (Å²) in [6.07, 6.45) is 12.3. The fourth-order valence-electron chi connectivity index (χ4n) is 3.33. The highest BCUT2D eigenvalue weighted by Gasteiger charge is 2.07. The zero-order chi connectivity index (χ0) is 17.2. The number of aryl methyl sites for hydroxylation is 1. The van der Waals surface area contributed by atoms with Gasteiger partial charge in [-0.05, 0) is 55.3 Å². The minimum Gasteiger partial charge on any atom is -0.508 e. The van der Waals surface area contributed by atoms with Gasteiger partial charge in [-0.3, -0.25) is 0 Å². The first-order chi connectivity index (χ1) is 11.7. The lowest BCUT2D eigenvalue weighted by Crippen LogP contribution is -2.02. The first kappa shape index (κ1) is 18.6. The molecule has 2 aromatic rings. The lowest BCUT2D eigenvalue weighted by Gasteiger charge is -2.12. The monoisotopic (exact) mass is 327 g/mol. The fourth-order valence-corrected chi connectivity index (χ4v) is 3.33. The molecule has 2 nitrogen and oxygen atoms in total. The Morgan fingerprint density at radius 2 is 1.33 bits per heavy atom. The van der Waals surface area contributed by atoms with Crippen molar-refractivity contribution in [3.63, 3.8) is 0 Å². The van der Waals surface area contributed by atoms with Gasteiger partial charge in [0.1, 0.15) is 5.75 Å². The Balaban J connectivity index is 1.75. The van der Waals surface area contributed by atoms with Crippen molar-refractivity contribution in [1.82, 2.24) is 4.57 Å². The number of phenols is 1. The standard InChI is InChI=1S/C22H33NO/c1-3-4-5-6-7-8-9-10-11-18-23-19(2)12-17-22(23)20-13-15-21(24)16-14-20/h12-17,24H,3-11,18H2,1-2H3. The number of phenolic OH excluding ortho intramolecular Hbond substituents is 1. The Morgan fingerprint density at radius 1 is 0.750 bits per heavy atom. The molecule has 2 rings (SSSR count). The van der Waals surface area contributed by atoms with Crippen molar-refractivity contribution in [3.8, 4) is 17.0 Å². The molecule has 24 heavy (non-hydrogen) atoms. The normalized spacial score (nSPS) is 11.1. The molecule has 2 heteroatoms. The Labute approximate surface area is 147 Å². The van der Waals surface area contributed by atoms with Gasteiger partial charge in [0.25, 0.3) is 0 Å². The summed E-state index contributed by atoms with van der Waals surface area (Å²) in [6.45, 7) is 5.54. The highest BCUT2D eigenvalue weighted by molar-refractivity contribution is 5.61. The van der Waals surface area contributed by atoms with Crippen molar-refractivity contribution in [1.29, 1.82) is 0 Å². The van der Waals surface area contributed by atoms with Gasteiger partial charge in [-0.25, -0.2) is 0 Å². The Morgan fingerprint density at radius 3 is 1.96 bits per heavy atom. The molecule has 0 radical (unpaired) electrons. The van der Waals surface area contributed by atoms with Crippen molar-refractivity contribution in [2.75, 3.05) is 0 Å². The number of hydrogen-bond acceptors (Lipinski definition) is 1. The van der Waals surface area contributed by atoms with Crippen molar-refractivity contribution in [3.05, 3.63) is 42.1 Å². The number of nitrogens with zero attached hydrogens (tertiary/aromatic N) is 1. The van der Waals surface area contributed by atoms with Gasteiger partial charge in [-0.1, -0.05) is 58.3 Å². The van der Waals surface area contributed by atoms with Crippen LogP contribution in [0, 0.1) is 6.92 Å². The summed E-state index contributed by atoms with van der Waals surface area (Å²) >= 11 is 0. The fraction of sp³-hybridized carbons (Fsp3) is 0.545. The summed E-state index contributed by atoms with van der Waals surface area (Å²) in [5, 5.41) is 9.46. The maximum atomic E-state index is 9.46. The molecule has 1 aromatic carbocycles. The predicted molar refractivity (Wildman–Crippen MR) is 103 cm³/mol. The van der Waals surface area contributed by atoms with Crippen LogP contribution < -0.4 is 0 Å². The summed E-state index contributed by atoms with van der Waals surface area (Å²) < 4.78 is 2.41. The summed E-state index contributed by atoms with van der Waals surface area (Å²) in [4.78, 5) is 0. The molecule has 0 saturated heterocycles. The number of aromatic hydroxyl groups is 1. The number of aromatic nitrogens is 1. The maximum absolute atomic E-state index is 9.46. The average Bonchev–Trinajstić information content (AvgIpc) is 2.95. The van der Waals surface area contributed by atoms with Crippen LogP contribution in [-0.2, 0) is 6.54 Å². The Hall–Kier alpha value is -1.70. The number of benzene rings is 1. The topological polar surface area (TPSA) is 25.2 Å². The van der Waals surface area contributed by atoms with E-state index in [0.29, 0.717) is 5.75 Å². The van der Waals surface area contributed by atoms with E-state index in [-0.39, 0.29) is 0 Å². The molecule has 0 aliphatic rings. The Bertz CT molecular complexity index is 583. The van der Waals surface area contributed by atoms with Gasteiger partial charge in [0.05, 0.1) is 0 Å². The molecule has 0 bridgehead atoms. The van der Waals surface area contributed by atoms with E-state index in [0.717, 1.165) is 6.54 Å². The summed E-state index contributed by atoms with van der Waals surface area (Å²) in [7, 11) is 0. The molecule has 0 aliphatic heterocycles. The largest absolute Gasteiger partial charge is 0.508 e.